The molecule has 0 atom stereocenters. The molecule has 0 fully saturated rings. The lowest BCUT2D eigenvalue weighted by molar-refractivity contribution is -0.134. The van der Waals surface area contributed by atoms with Crippen LogP contribution in [-0.4, -0.2) is 12.1 Å². The van der Waals surface area contributed by atoms with Crippen LogP contribution in [-0.2, 0) is 4.79 Å². The van der Waals surface area contributed by atoms with Crippen LogP contribution in [0.2, 0.25) is 0 Å². The maximum Gasteiger partial charge on any atom is 0.311 e. The topological polar surface area (TPSA) is 26.3 Å². The van der Waals surface area contributed by atoms with Gasteiger partial charge in [0.15, 0.2) is 0 Å². The van der Waals surface area contributed by atoms with Crippen LogP contribution >= 0.6 is 7.26 Å². The van der Waals surface area contributed by atoms with E-state index in [2.05, 4.69) is 142 Å². The van der Waals surface area contributed by atoms with E-state index in [-0.39, 0.29) is 28.9 Å². The molecule has 256 valence electrons. The minimum absolute atomic E-state index is 0. The van der Waals surface area contributed by atoms with E-state index in [4.69, 9.17) is 4.74 Å². The summed E-state index contributed by atoms with van der Waals surface area (Å²) in [6.45, 7) is 6.41. The van der Waals surface area contributed by atoms with Crippen molar-refractivity contribution < 1.29 is 26.5 Å². The average Bonchev–Trinajstić information content (AvgIpc) is 3.12. The normalized spacial score (nSPS) is 11.3. The van der Waals surface area contributed by atoms with Crippen LogP contribution < -0.4 is 37.6 Å². The summed E-state index contributed by atoms with van der Waals surface area (Å²) in [5.74, 6) is 0.862. The maximum atomic E-state index is 12.8. The number of ether oxygens (including phenoxy) is 1. The van der Waals surface area contributed by atoms with Crippen LogP contribution in [0.25, 0.3) is 11.1 Å². The second-order valence-corrected chi connectivity index (χ2v) is 16.9. The van der Waals surface area contributed by atoms with E-state index in [1.807, 2.05) is 12.1 Å². The first kappa shape index (κ1) is 38.3. The van der Waals surface area contributed by atoms with Crippen LogP contribution in [0.4, 0.5) is 0 Å². The lowest BCUT2D eigenvalue weighted by Gasteiger charge is -2.27. The van der Waals surface area contributed by atoms with Gasteiger partial charge in [-0.15, -0.1) is 0 Å². The van der Waals surface area contributed by atoms with Crippen molar-refractivity contribution in [2.45, 2.75) is 84.5 Å². The van der Waals surface area contributed by atoms with E-state index in [0.29, 0.717) is 12.2 Å². The van der Waals surface area contributed by atoms with E-state index < -0.39 is 7.26 Å². The summed E-state index contributed by atoms with van der Waals surface area (Å²) in [5.41, 5.74) is 4.60. The standard InChI is InChI=1S/C45H52O2P.BrH/c1-36(2)42-35-43(38-24-14-10-15-25-38)37(3)34-44(42)47-45(46)32-22-8-6-4-5-7-9-23-33-48(39-26-16-11-17-27-39,40-28-18-12-19-29-40)41-30-20-13-21-31-41;/h10-21,24-31,34-36H,4-9,22-23,32-33H2,1-3H3;1H/q+1;/p-1. The molecule has 0 aromatic heterocycles. The molecule has 0 N–H and O–H groups in total. The average molecular weight is 736 g/mol. The van der Waals surface area contributed by atoms with Crippen LogP contribution in [0.1, 0.15) is 88.7 Å². The number of halogens is 1. The molecule has 5 aromatic rings. The molecule has 5 rings (SSSR count). The summed E-state index contributed by atoms with van der Waals surface area (Å²) < 4.78 is 5.94. The predicted octanol–water partition coefficient (Wildman–Crippen LogP) is 8.20. The molecular formula is C45H52BrO2P. The molecule has 49 heavy (non-hydrogen) atoms. The molecule has 0 amide bonds. The van der Waals surface area contributed by atoms with E-state index in [1.54, 1.807) is 0 Å². The van der Waals surface area contributed by atoms with E-state index in [9.17, 15) is 4.79 Å². The lowest BCUT2D eigenvalue weighted by atomic mass is 9.93. The van der Waals surface area contributed by atoms with Crippen LogP contribution in [0, 0.1) is 6.92 Å². The highest BCUT2D eigenvalue weighted by Crippen LogP contribution is 2.56. The molecule has 0 aliphatic heterocycles. The SMILES string of the molecule is Cc1cc(OC(=O)CCCCCCCCCC[P+](c2ccccc2)(c2ccccc2)c2ccccc2)c(C(C)C)cc1-c1ccccc1.[Br-]. The first-order valence-electron chi connectivity index (χ1n) is 17.9. The Hall–Kier alpha value is -3.52. The third kappa shape index (κ3) is 10.3. The van der Waals surface area contributed by atoms with Crippen molar-refractivity contribution >= 4 is 29.1 Å². The molecule has 0 saturated heterocycles. The Bertz CT molecular complexity index is 1590. The Morgan fingerprint density at radius 2 is 1.02 bits per heavy atom. The Balaban J connectivity index is 0.00000541. The summed E-state index contributed by atoms with van der Waals surface area (Å²) in [5, 5.41) is 4.42. The summed E-state index contributed by atoms with van der Waals surface area (Å²) in [7, 11) is -1.73. The van der Waals surface area contributed by atoms with Crippen molar-refractivity contribution in [3.63, 3.8) is 0 Å². The van der Waals surface area contributed by atoms with Gasteiger partial charge in [-0.05, 0) is 103 Å². The molecular weight excluding hydrogens is 683 g/mol. The summed E-state index contributed by atoms with van der Waals surface area (Å²) >= 11 is 0. The molecule has 0 bridgehead atoms. The van der Waals surface area contributed by atoms with Gasteiger partial charge >= 0.3 is 5.97 Å². The van der Waals surface area contributed by atoms with Gasteiger partial charge in [-0.2, -0.15) is 0 Å². The second kappa shape index (κ2) is 19.6. The zero-order valence-electron chi connectivity index (χ0n) is 29.5. The van der Waals surface area contributed by atoms with Gasteiger partial charge in [0, 0.05) is 6.42 Å². The quantitative estimate of drug-likeness (QED) is 0.0417. The van der Waals surface area contributed by atoms with Crippen LogP contribution in [0.15, 0.2) is 133 Å². The molecule has 2 nitrogen and oxygen atoms in total. The number of hydrogen-bond donors (Lipinski definition) is 0. The third-order valence-electron chi connectivity index (χ3n) is 9.50. The number of aryl methyl sites for hydroxylation is 1. The Morgan fingerprint density at radius 1 is 0.592 bits per heavy atom. The van der Waals surface area contributed by atoms with Crippen molar-refractivity contribution in [2.75, 3.05) is 6.16 Å². The smallest absolute Gasteiger partial charge is 0.311 e. The van der Waals surface area contributed by atoms with Crippen molar-refractivity contribution in [1.82, 2.24) is 0 Å². The molecule has 5 aromatic carbocycles. The molecule has 0 radical (unpaired) electrons. The minimum Gasteiger partial charge on any atom is -1.00 e. The highest BCUT2D eigenvalue weighted by Gasteiger charge is 2.44. The van der Waals surface area contributed by atoms with Gasteiger partial charge in [0.05, 0.1) is 6.16 Å². The largest absolute Gasteiger partial charge is 1.00 e. The fourth-order valence-corrected chi connectivity index (χ4v) is 11.3. The first-order chi connectivity index (χ1) is 23.5. The third-order valence-corrected chi connectivity index (χ3v) is 14.0. The fraction of sp³-hybridized carbons (Fsp3) is 0.311. The zero-order chi connectivity index (χ0) is 33.6. The first-order valence-corrected chi connectivity index (χ1v) is 19.9. The van der Waals surface area contributed by atoms with E-state index in [0.717, 1.165) is 24.0 Å². The number of esters is 1. The summed E-state index contributed by atoms with van der Waals surface area (Å²) in [6, 6.07) is 48.3. The minimum atomic E-state index is -1.73. The molecule has 0 aliphatic rings. The molecule has 0 unspecified atom stereocenters. The van der Waals surface area contributed by atoms with Gasteiger partial charge in [-0.1, -0.05) is 131 Å². The highest BCUT2D eigenvalue weighted by atomic mass is 79.9. The number of rotatable bonds is 17. The lowest BCUT2D eigenvalue weighted by Crippen LogP contribution is -3.00. The van der Waals surface area contributed by atoms with Crippen molar-refractivity contribution in [1.29, 1.82) is 0 Å². The monoisotopic (exact) mass is 734 g/mol. The number of carbonyl (C=O) groups is 1. The number of hydrogen-bond acceptors (Lipinski definition) is 2. The number of unbranched alkanes of at least 4 members (excludes halogenated alkanes) is 7. The summed E-state index contributed by atoms with van der Waals surface area (Å²) in [6.07, 6.45) is 11.0. The van der Waals surface area contributed by atoms with Gasteiger partial charge in [-0.3, -0.25) is 4.79 Å². The molecule has 0 saturated carbocycles. The Kier molecular flexibility index (Phi) is 15.3. The molecule has 0 heterocycles. The molecule has 0 aliphatic carbocycles. The number of benzene rings is 5. The van der Waals surface area contributed by atoms with Gasteiger partial charge < -0.3 is 21.7 Å². The Labute approximate surface area is 306 Å². The van der Waals surface area contributed by atoms with Crippen LogP contribution in [0.5, 0.6) is 5.75 Å². The van der Waals surface area contributed by atoms with Gasteiger partial charge in [0.2, 0.25) is 0 Å². The van der Waals surface area contributed by atoms with Crippen molar-refractivity contribution in [3.05, 3.63) is 145 Å². The fourth-order valence-electron chi connectivity index (χ4n) is 6.90. The van der Waals surface area contributed by atoms with Crippen molar-refractivity contribution in [2.24, 2.45) is 0 Å². The van der Waals surface area contributed by atoms with Crippen LogP contribution in [0.3, 0.4) is 0 Å². The maximum absolute atomic E-state index is 12.8. The summed E-state index contributed by atoms with van der Waals surface area (Å²) in [4.78, 5) is 12.8. The molecule has 4 heteroatoms. The predicted molar refractivity (Wildman–Crippen MR) is 208 cm³/mol. The highest BCUT2D eigenvalue weighted by molar-refractivity contribution is 7.95. The number of carbonyl (C=O) groups excluding carboxylic acids is 1. The second-order valence-electron chi connectivity index (χ2n) is 13.3. The van der Waals surface area contributed by atoms with Gasteiger partial charge in [0.1, 0.15) is 28.9 Å². The van der Waals surface area contributed by atoms with E-state index >= 15 is 0 Å². The Morgan fingerprint density at radius 3 is 1.49 bits per heavy atom. The van der Waals surface area contributed by atoms with Crippen molar-refractivity contribution in [3.8, 4) is 16.9 Å². The molecule has 0 spiro atoms. The van der Waals surface area contributed by atoms with Gasteiger partial charge in [0.25, 0.3) is 0 Å². The van der Waals surface area contributed by atoms with E-state index in [1.165, 1.54) is 71.7 Å². The zero-order valence-corrected chi connectivity index (χ0v) is 32.0. The van der Waals surface area contributed by atoms with Gasteiger partial charge in [-0.25, -0.2) is 0 Å².